The molecule has 0 aliphatic heterocycles. The van der Waals surface area contributed by atoms with Crippen LogP contribution in [-0.4, -0.2) is 16.7 Å². The van der Waals surface area contributed by atoms with Gasteiger partial charge in [-0.25, -0.2) is 4.79 Å². The van der Waals surface area contributed by atoms with Crippen molar-refractivity contribution in [1.82, 2.24) is 5.32 Å². The van der Waals surface area contributed by atoms with Gasteiger partial charge in [-0.2, -0.15) is 0 Å². The van der Waals surface area contributed by atoms with E-state index in [-0.39, 0.29) is 5.54 Å². The molecule has 0 radical (unpaired) electrons. The van der Waals surface area contributed by atoms with E-state index in [1.807, 2.05) is 13.8 Å². The second-order valence-electron chi connectivity index (χ2n) is 2.68. The zero-order valence-corrected chi connectivity index (χ0v) is 7.36. The normalized spacial score (nSPS) is 9.30. The van der Waals surface area contributed by atoms with E-state index in [9.17, 15) is 4.79 Å². The van der Waals surface area contributed by atoms with Crippen molar-refractivity contribution >= 4 is 6.09 Å². The highest BCUT2D eigenvalue weighted by Crippen LogP contribution is 1.96. The molecule has 0 atom stereocenters. The highest BCUT2D eigenvalue weighted by atomic mass is 16.4. The molecule has 0 aliphatic carbocycles. The van der Waals surface area contributed by atoms with Crippen LogP contribution in [0.5, 0.6) is 0 Å². The van der Waals surface area contributed by atoms with Crippen molar-refractivity contribution in [2.45, 2.75) is 40.2 Å². The minimum atomic E-state index is -0.975. The summed E-state index contributed by atoms with van der Waals surface area (Å²) in [6.07, 6.45) is -0.975. The van der Waals surface area contributed by atoms with Crippen molar-refractivity contribution in [3.05, 3.63) is 0 Å². The van der Waals surface area contributed by atoms with Gasteiger partial charge in [-0.1, -0.05) is 13.8 Å². The Morgan fingerprint density at radius 3 is 1.60 bits per heavy atom. The number of hydrogen-bond donors (Lipinski definition) is 2. The zero-order chi connectivity index (χ0) is 8.78. The lowest BCUT2D eigenvalue weighted by Gasteiger charge is -2.16. The van der Waals surface area contributed by atoms with Crippen LogP contribution < -0.4 is 5.32 Å². The molecule has 0 aliphatic rings. The summed E-state index contributed by atoms with van der Waals surface area (Å²) < 4.78 is 0. The number of carbonyl (C=O) groups is 1. The highest BCUT2D eigenvalue weighted by Gasteiger charge is 2.10. The standard InChI is InChI=1S/C5H11NO2.C2H6/c1-5(2,3)6-4(7)8;1-2/h6H,1-3H3,(H,7,8);1-2H3. The molecule has 0 aromatic carbocycles. The molecular weight excluding hydrogens is 130 g/mol. The molecule has 3 heteroatoms. The Balaban J connectivity index is 0. The summed E-state index contributed by atoms with van der Waals surface area (Å²) >= 11 is 0. The van der Waals surface area contributed by atoms with Crippen molar-refractivity contribution in [3.8, 4) is 0 Å². The molecule has 0 aromatic rings. The molecule has 2 N–H and O–H groups in total. The molecular formula is C7H17NO2. The van der Waals surface area contributed by atoms with Gasteiger partial charge in [0.25, 0.3) is 0 Å². The van der Waals surface area contributed by atoms with Crippen LogP contribution in [-0.2, 0) is 0 Å². The molecule has 0 heterocycles. The lowest BCUT2D eigenvalue weighted by atomic mass is 10.1. The van der Waals surface area contributed by atoms with Gasteiger partial charge in [0, 0.05) is 5.54 Å². The van der Waals surface area contributed by atoms with Crippen LogP contribution in [0.25, 0.3) is 0 Å². The summed E-state index contributed by atoms with van der Waals surface area (Å²) in [7, 11) is 0. The largest absolute Gasteiger partial charge is 0.465 e. The monoisotopic (exact) mass is 147 g/mol. The number of nitrogens with one attached hydrogen (secondary N) is 1. The topological polar surface area (TPSA) is 49.3 Å². The Kier molecular flexibility index (Phi) is 6.10. The van der Waals surface area contributed by atoms with Gasteiger partial charge in [0.1, 0.15) is 0 Å². The summed E-state index contributed by atoms with van der Waals surface area (Å²) in [5.74, 6) is 0. The molecule has 0 saturated carbocycles. The molecule has 0 fully saturated rings. The van der Waals surface area contributed by atoms with Crippen molar-refractivity contribution in [2.24, 2.45) is 0 Å². The first-order valence-electron chi connectivity index (χ1n) is 3.43. The van der Waals surface area contributed by atoms with Crippen molar-refractivity contribution in [1.29, 1.82) is 0 Å². The van der Waals surface area contributed by atoms with Gasteiger partial charge in [-0.3, -0.25) is 0 Å². The summed E-state index contributed by atoms with van der Waals surface area (Å²) in [5.41, 5.74) is -0.328. The lowest BCUT2D eigenvalue weighted by Crippen LogP contribution is -2.39. The predicted octanol–water partition coefficient (Wildman–Crippen LogP) is 2.08. The summed E-state index contributed by atoms with van der Waals surface area (Å²) in [6, 6.07) is 0. The second kappa shape index (κ2) is 5.09. The zero-order valence-electron chi connectivity index (χ0n) is 7.36. The van der Waals surface area contributed by atoms with Crippen LogP contribution in [0.15, 0.2) is 0 Å². The third-order valence-electron chi connectivity index (χ3n) is 0.482. The van der Waals surface area contributed by atoms with Gasteiger partial charge in [0.15, 0.2) is 0 Å². The fourth-order valence-electron chi connectivity index (χ4n) is 0.321. The molecule has 0 spiro atoms. The van der Waals surface area contributed by atoms with Gasteiger partial charge in [-0.05, 0) is 20.8 Å². The predicted molar refractivity (Wildman–Crippen MR) is 42.3 cm³/mol. The van der Waals surface area contributed by atoms with Crippen LogP contribution in [0, 0.1) is 0 Å². The summed E-state index contributed by atoms with van der Waals surface area (Å²) in [4.78, 5) is 9.90. The SMILES string of the molecule is CC.CC(C)(C)NC(=O)O. The fraction of sp³-hybridized carbons (Fsp3) is 0.857. The average Bonchev–Trinajstić information content (AvgIpc) is 1.64. The molecule has 0 rings (SSSR count). The van der Waals surface area contributed by atoms with Gasteiger partial charge in [0.2, 0.25) is 0 Å². The van der Waals surface area contributed by atoms with Crippen molar-refractivity contribution < 1.29 is 9.90 Å². The van der Waals surface area contributed by atoms with Crippen LogP contribution in [0.1, 0.15) is 34.6 Å². The van der Waals surface area contributed by atoms with Gasteiger partial charge in [-0.15, -0.1) is 0 Å². The van der Waals surface area contributed by atoms with Crippen LogP contribution in [0.2, 0.25) is 0 Å². The number of amides is 1. The maximum absolute atomic E-state index is 9.90. The maximum Gasteiger partial charge on any atom is 0.405 e. The summed E-state index contributed by atoms with van der Waals surface area (Å²) in [5, 5.41) is 10.4. The molecule has 0 aromatic heterocycles. The van der Waals surface area contributed by atoms with Crippen LogP contribution >= 0.6 is 0 Å². The number of hydrogen-bond acceptors (Lipinski definition) is 1. The van der Waals surface area contributed by atoms with E-state index in [1.54, 1.807) is 20.8 Å². The van der Waals surface area contributed by atoms with Gasteiger partial charge >= 0.3 is 6.09 Å². The molecule has 3 nitrogen and oxygen atoms in total. The Bertz CT molecular complexity index is 94.3. The molecule has 1 amide bonds. The van der Waals surface area contributed by atoms with Gasteiger partial charge in [0.05, 0.1) is 0 Å². The number of rotatable bonds is 0. The van der Waals surface area contributed by atoms with Crippen LogP contribution in [0.4, 0.5) is 4.79 Å². The van der Waals surface area contributed by atoms with E-state index in [4.69, 9.17) is 5.11 Å². The van der Waals surface area contributed by atoms with E-state index in [2.05, 4.69) is 5.32 Å². The molecule has 10 heavy (non-hydrogen) atoms. The highest BCUT2D eigenvalue weighted by molar-refractivity contribution is 5.65. The van der Waals surface area contributed by atoms with E-state index < -0.39 is 6.09 Å². The fourth-order valence-corrected chi connectivity index (χ4v) is 0.321. The van der Waals surface area contributed by atoms with E-state index in [1.165, 1.54) is 0 Å². The first kappa shape index (κ1) is 12.0. The van der Waals surface area contributed by atoms with Crippen LogP contribution in [0.3, 0.4) is 0 Å². The van der Waals surface area contributed by atoms with Crippen molar-refractivity contribution in [2.75, 3.05) is 0 Å². The maximum atomic E-state index is 9.90. The second-order valence-corrected chi connectivity index (χ2v) is 2.68. The lowest BCUT2D eigenvalue weighted by molar-refractivity contribution is 0.184. The molecule has 62 valence electrons. The Labute approximate surface area is 62.4 Å². The molecule has 0 saturated heterocycles. The van der Waals surface area contributed by atoms with E-state index >= 15 is 0 Å². The third kappa shape index (κ3) is 15.7. The first-order chi connectivity index (χ1) is 4.42. The minimum absolute atomic E-state index is 0.328. The van der Waals surface area contributed by atoms with E-state index in [0.29, 0.717) is 0 Å². The Hall–Kier alpha value is -0.730. The quantitative estimate of drug-likeness (QED) is 0.551. The van der Waals surface area contributed by atoms with Crippen molar-refractivity contribution in [3.63, 3.8) is 0 Å². The Morgan fingerprint density at radius 1 is 1.30 bits per heavy atom. The van der Waals surface area contributed by atoms with E-state index in [0.717, 1.165) is 0 Å². The smallest absolute Gasteiger partial charge is 0.405 e. The van der Waals surface area contributed by atoms with Gasteiger partial charge < -0.3 is 10.4 Å². The number of carboxylic acid groups (broad SMARTS) is 1. The average molecular weight is 147 g/mol. The molecule has 0 bridgehead atoms. The Morgan fingerprint density at radius 2 is 1.60 bits per heavy atom. The third-order valence-corrected chi connectivity index (χ3v) is 0.482. The first-order valence-corrected chi connectivity index (χ1v) is 3.43. The molecule has 0 unspecified atom stereocenters. The summed E-state index contributed by atoms with van der Waals surface area (Å²) in [6.45, 7) is 9.38. The minimum Gasteiger partial charge on any atom is -0.465 e.